The molecule has 0 amide bonds. The van der Waals surface area contributed by atoms with Crippen molar-refractivity contribution in [3.05, 3.63) is 0 Å². The zero-order valence-corrected chi connectivity index (χ0v) is 11.6. The molecule has 7 heteroatoms. The van der Waals surface area contributed by atoms with E-state index in [9.17, 15) is 0 Å². The van der Waals surface area contributed by atoms with Gasteiger partial charge in [0.05, 0.1) is 7.11 Å². The summed E-state index contributed by atoms with van der Waals surface area (Å²) in [7, 11) is 1.53. The topological polar surface area (TPSA) is 72.4 Å². The Labute approximate surface area is 113 Å². The van der Waals surface area contributed by atoms with E-state index in [-0.39, 0.29) is 6.01 Å². The zero-order valence-electron chi connectivity index (χ0n) is 11.6. The normalized spacial score (nSPS) is 15.5. The van der Waals surface area contributed by atoms with Crippen molar-refractivity contribution in [2.75, 3.05) is 45.2 Å². The van der Waals surface area contributed by atoms with Gasteiger partial charge in [-0.25, -0.2) is 0 Å². The van der Waals surface area contributed by atoms with Crippen LogP contribution in [0.15, 0.2) is 0 Å². The van der Waals surface area contributed by atoms with Gasteiger partial charge in [0.1, 0.15) is 6.61 Å². The number of hydrogen-bond donors (Lipinski definition) is 1. The van der Waals surface area contributed by atoms with Crippen LogP contribution in [0.4, 0.5) is 5.95 Å². The predicted molar refractivity (Wildman–Crippen MR) is 71.7 cm³/mol. The van der Waals surface area contributed by atoms with Gasteiger partial charge >= 0.3 is 12.0 Å². The molecule has 106 valence electrons. The minimum Gasteiger partial charge on any atom is -0.467 e. The number of rotatable bonds is 7. The standard InChI is InChI=1S/C12H21N5O2/c1-3-13-10-14-11(18-2)16-12(15-10)19-9-8-17-6-4-5-7-17/h3-9H2,1-2H3,(H,13,14,15,16). The van der Waals surface area contributed by atoms with E-state index in [1.54, 1.807) is 0 Å². The fraction of sp³-hybridized carbons (Fsp3) is 0.750. The summed E-state index contributed by atoms with van der Waals surface area (Å²) in [5.41, 5.74) is 0. The molecule has 1 aromatic heterocycles. The highest BCUT2D eigenvalue weighted by atomic mass is 16.5. The van der Waals surface area contributed by atoms with E-state index >= 15 is 0 Å². The van der Waals surface area contributed by atoms with E-state index in [1.807, 2.05) is 6.92 Å². The third kappa shape index (κ3) is 4.20. The monoisotopic (exact) mass is 267 g/mol. The summed E-state index contributed by atoms with van der Waals surface area (Å²) in [6.07, 6.45) is 2.56. The Morgan fingerprint density at radius 2 is 1.89 bits per heavy atom. The Balaban J connectivity index is 1.88. The predicted octanol–water partition coefficient (Wildman–Crippen LogP) is 0.787. The number of nitrogens with one attached hydrogen (secondary N) is 1. The number of aromatic nitrogens is 3. The molecule has 2 rings (SSSR count). The number of likely N-dealkylation sites (tertiary alicyclic amines) is 1. The van der Waals surface area contributed by atoms with Crippen LogP contribution in [0.2, 0.25) is 0 Å². The molecule has 1 saturated heterocycles. The van der Waals surface area contributed by atoms with Gasteiger partial charge in [-0.3, -0.25) is 4.90 Å². The van der Waals surface area contributed by atoms with Crippen LogP contribution in [-0.4, -0.2) is 59.7 Å². The van der Waals surface area contributed by atoms with Crippen LogP contribution >= 0.6 is 0 Å². The molecule has 2 heterocycles. The lowest BCUT2D eigenvalue weighted by molar-refractivity contribution is 0.222. The van der Waals surface area contributed by atoms with E-state index < -0.39 is 0 Å². The molecule has 0 unspecified atom stereocenters. The van der Waals surface area contributed by atoms with Crippen LogP contribution in [0.5, 0.6) is 12.0 Å². The average Bonchev–Trinajstić information content (AvgIpc) is 2.92. The molecular formula is C12H21N5O2. The number of methoxy groups -OCH3 is 1. The molecule has 0 aliphatic carbocycles. The van der Waals surface area contributed by atoms with Crippen molar-refractivity contribution >= 4 is 5.95 Å². The van der Waals surface area contributed by atoms with Gasteiger partial charge in [-0.15, -0.1) is 4.98 Å². The molecule has 0 spiro atoms. The number of ether oxygens (including phenoxy) is 2. The van der Waals surface area contributed by atoms with Crippen LogP contribution < -0.4 is 14.8 Å². The average molecular weight is 267 g/mol. The van der Waals surface area contributed by atoms with Crippen LogP contribution in [-0.2, 0) is 0 Å². The zero-order chi connectivity index (χ0) is 13.5. The van der Waals surface area contributed by atoms with Gasteiger partial charge in [0.25, 0.3) is 0 Å². The molecular weight excluding hydrogens is 246 g/mol. The summed E-state index contributed by atoms with van der Waals surface area (Å²) in [4.78, 5) is 14.7. The van der Waals surface area contributed by atoms with E-state index in [1.165, 1.54) is 20.0 Å². The SMILES string of the molecule is CCNc1nc(OC)nc(OCCN2CCCC2)n1. The maximum atomic E-state index is 5.57. The summed E-state index contributed by atoms with van der Waals surface area (Å²) < 4.78 is 10.6. The minimum atomic E-state index is 0.266. The highest BCUT2D eigenvalue weighted by Gasteiger charge is 2.12. The Morgan fingerprint density at radius 3 is 2.58 bits per heavy atom. The van der Waals surface area contributed by atoms with Crippen LogP contribution in [0.1, 0.15) is 19.8 Å². The van der Waals surface area contributed by atoms with Crippen LogP contribution in [0, 0.1) is 0 Å². The van der Waals surface area contributed by atoms with Crippen molar-refractivity contribution in [1.29, 1.82) is 0 Å². The number of nitrogens with zero attached hydrogens (tertiary/aromatic N) is 4. The second-order valence-corrected chi connectivity index (χ2v) is 4.36. The summed E-state index contributed by atoms with van der Waals surface area (Å²) in [5, 5.41) is 3.02. The fourth-order valence-corrected chi connectivity index (χ4v) is 2.00. The Hall–Kier alpha value is -1.63. The first kappa shape index (κ1) is 13.8. The molecule has 1 N–H and O–H groups in total. The summed E-state index contributed by atoms with van der Waals surface area (Å²) in [6.45, 7) is 6.52. The first-order valence-corrected chi connectivity index (χ1v) is 6.71. The molecule has 0 aromatic carbocycles. The third-order valence-corrected chi connectivity index (χ3v) is 2.95. The molecule has 1 aliphatic rings. The summed E-state index contributed by atoms with van der Waals surface area (Å²) >= 11 is 0. The Kier molecular flexibility index (Phi) is 5.14. The fourth-order valence-electron chi connectivity index (χ4n) is 2.00. The van der Waals surface area contributed by atoms with Gasteiger partial charge in [-0.05, 0) is 32.9 Å². The molecule has 1 aliphatic heterocycles. The lowest BCUT2D eigenvalue weighted by atomic mass is 10.4. The smallest absolute Gasteiger partial charge is 0.324 e. The molecule has 0 radical (unpaired) electrons. The molecule has 7 nitrogen and oxygen atoms in total. The van der Waals surface area contributed by atoms with Crippen molar-refractivity contribution in [1.82, 2.24) is 19.9 Å². The maximum Gasteiger partial charge on any atom is 0.324 e. The van der Waals surface area contributed by atoms with Crippen molar-refractivity contribution in [2.45, 2.75) is 19.8 Å². The molecule has 0 bridgehead atoms. The molecule has 1 aromatic rings. The lowest BCUT2D eigenvalue weighted by Gasteiger charge is -2.14. The summed E-state index contributed by atoms with van der Waals surface area (Å²) in [5.74, 6) is 0.477. The largest absolute Gasteiger partial charge is 0.467 e. The quantitative estimate of drug-likeness (QED) is 0.782. The number of anilines is 1. The van der Waals surface area contributed by atoms with Crippen molar-refractivity contribution in [2.24, 2.45) is 0 Å². The van der Waals surface area contributed by atoms with Gasteiger partial charge < -0.3 is 14.8 Å². The van der Waals surface area contributed by atoms with E-state index in [0.29, 0.717) is 18.6 Å². The molecule has 19 heavy (non-hydrogen) atoms. The highest BCUT2D eigenvalue weighted by Crippen LogP contribution is 2.13. The van der Waals surface area contributed by atoms with Gasteiger partial charge in [-0.2, -0.15) is 9.97 Å². The number of hydrogen-bond acceptors (Lipinski definition) is 7. The van der Waals surface area contributed by atoms with Crippen molar-refractivity contribution in [3.8, 4) is 12.0 Å². The van der Waals surface area contributed by atoms with E-state index in [2.05, 4.69) is 25.2 Å². The van der Waals surface area contributed by atoms with Crippen LogP contribution in [0.25, 0.3) is 0 Å². The molecule has 0 atom stereocenters. The molecule has 0 saturated carbocycles. The molecule has 1 fully saturated rings. The summed E-state index contributed by atoms with van der Waals surface area (Å²) in [6, 6.07) is 0.573. The maximum absolute atomic E-state index is 5.57. The van der Waals surface area contributed by atoms with Crippen molar-refractivity contribution < 1.29 is 9.47 Å². The lowest BCUT2D eigenvalue weighted by Crippen LogP contribution is -2.25. The second-order valence-electron chi connectivity index (χ2n) is 4.36. The van der Waals surface area contributed by atoms with Crippen molar-refractivity contribution in [3.63, 3.8) is 0 Å². The Morgan fingerprint density at radius 1 is 1.16 bits per heavy atom. The first-order valence-electron chi connectivity index (χ1n) is 6.71. The van der Waals surface area contributed by atoms with E-state index in [0.717, 1.165) is 26.2 Å². The van der Waals surface area contributed by atoms with Gasteiger partial charge in [0, 0.05) is 13.1 Å². The van der Waals surface area contributed by atoms with Gasteiger partial charge in [0.2, 0.25) is 5.95 Å². The van der Waals surface area contributed by atoms with Crippen LogP contribution in [0.3, 0.4) is 0 Å². The minimum absolute atomic E-state index is 0.266. The highest BCUT2D eigenvalue weighted by molar-refractivity contribution is 5.27. The third-order valence-electron chi connectivity index (χ3n) is 2.95. The first-order chi connectivity index (χ1) is 9.31. The second kappa shape index (κ2) is 7.08. The van der Waals surface area contributed by atoms with Gasteiger partial charge in [-0.1, -0.05) is 0 Å². The Bertz CT molecular complexity index is 396. The van der Waals surface area contributed by atoms with Gasteiger partial charge in [0.15, 0.2) is 0 Å². The van der Waals surface area contributed by atoms with E-state index in [4.69, 9.17) is 9.47 Å².